The number of amides is 1. The zero-order chi connectivity index (χ0) is 16.7. The fourth-order valence-electron chi connectivity index (χ4n) is 3.24. The van der Waals surface area contributed by atoms with E-state index in [1.54, 1.807) is 6.21 Å². The van der Waals surface area contributed by atoms with Crippen molar-refractivity contribution >= 4 is 12.1 Å². The standard InChI is InChI=1S/C19H28N2O2/c1-14(2)17-10-9-15(3)11-18(17)23-13-19(22)21-20-12-16-7-5-4-6-8-16/h4-8,12,14-15,17-18H,9-11,13H2,1-3H3,(H,21,22)/t15-,17+,18-/m1/s1. The SMILES string of the molecule is CC(C)[C@@H]1CC[C@@H](C)C[C@H]1OCC(=O)NN=Cc1ccccc1. The van der Waals surface area contributed by atoms with Gasteiger partial charge in [-0.3, -0.25) is 4.79 Å². The Bertz CT molecular complexity index is 513. The van der Waals surface area contributed by atoms with Gasteiger partial charge in [0.25, 0.3) is 5.91 Å². The van der Waals surface area contributed by atoms with Crippen LogP contribution in [-0.2, 0) is 9.53 Å². The number of carbonyl (C=O) groups is 1. The molecule has 1 saturated carbocycles. The molecule has 0 bridgehead atoms. The van der Waals surface area contributed by atoms with Crippen LogP contribution in [-0.4, -0.2) is 24.8 Å². The van der Waals surface area contributed by atoms with Crippen LogP contribution in [0.15, 0.2) is 35.4 Å². The summed E-state index contributed by atoms with van der Waals surface area (Å²) < 4.78 is 5.91. The Kier molecular flexibility index (Phi) is 6.78. The lowest BCUT2D eigenvalue weighted by Crippen LogP contribution is -2.36. The van der Waals surface area contributed by atoms with E-state index in [4.69, 9.17) is 4.74 Å². The van der Waals surface area contributed by atoms with Gasteiger partial charge in [-0.05, 0) is 36.2 Å². The molecule has 1 N–H and O–H groups in total. The van der Waals surface area contributed by atoms with Gasteiger partial charge < -0.3 is 4.74 Å². The van der Waals surface area contributed by atoms with Gasteiger partial charge >= 0.3 is 0 Å². The molecule has 0 heterocycles. The maximum absolute atomic E-state index is 11.9. The smallest absolute Gasteiger partial charge is 0.266 e. The summed E-state index contributed by atoms with van der Waals surface area (Å²) in [6.45, 7) is 6.81. The van der Waals surface area contributed by atoms with Crippen molar-refractivity contribution < 1.29 is 9.53 Å². The Labute approximate surface area is 139 Å². The number of rotatable bonds is 6. The van der Waals surface area contributed by atoms with E-state index in [0.29, 0.717) is 17.8 Å². The maximum atomic E-state index is 11.9. The molecular weight excluding hydrogens is 288 g/mol. The van der Waals surface area contributed by atoms with Gasteiger partial charge in [0.1, 0.15) is 6.61 Å². The van der Waals surface area contributed by atoms with Crippen molar-refractivity contribution in [2.75, 3.05) is 6.61 Å². The van der Waals surface area contributed by atoms with Crippen LogP contribution in [0.1, 0.15) is 45.6 Å². The van der Waals surface area contributed by atoms with E-state index < -0.39 is 0 Å². The zero-order valence-corrected chi connectivity index (χ0v) is 14.4. The van der Waals surface area contributed by atoms with E-state index in [1.165, 1.54) is 12.8 Å². The molecule has 1 aromatic rings. The van der Waals surface area contributed by atoms with Crippen LogP contribution in [0.4, 0.5) is 0 Å². The quantitative estimate of drug-likeness (QED) is 0.644. The lowest BCUT2D eigenvalue weighted by atomic mass is 9.75. The largest absolute Gasteiger partial charge is 0.368 e. The molecule has 3 atom stereocenters. The number of benzene rings is 1. The third-order valence-corrected chi connectivity index (χ3v) is 4.59. The van der Waals surface area contributed by atoms with Crippen LogP contribution in [0.5, 0.6) is 0 Å². The van der Waals surface area contributed by atoms with Crippen molar-refractivity contribution in [3.8, 4) is 0 Å². The van der Waals surface area contributed by atoms with Gasteiger partial charge in [-0.1, -0.05) is 57.5 Å². The molecule has 1 aliphatic rings. The van der Waals surface area contributed by atoms with Gasteiger partial charge in [0.05, 0.1) is 12.3 Å². The van der Waals surface area contributed by atoms with Gasteiger partial charge in [-0.2, -0.15) is 5.10 Å². The minimum atomic E-state index is -0.196. The molecule has 0 saturated heterocycles. The van der Waals surface area contributed by atoms with Crippen LogP contribution in [0, 0.1) is 17.8 Å². The van der Waals surface area contributed by atoms with Crippen molar-refractivity contribution in [2.45, 2.75) is 46.1 Å². The van der Waals surface area contributed by atoms with Crippen molar-refractivity contribution in [3.63, 3.8) is 0 Å². The fraction of sp³-hybridized carbons (Fsp3) is 0.579. The second-order valence-electron chi connectivity index (χ2n) is 6.88. The minimum absolute atomic E-state index is 0.0761. The maximum Gasteiger partial charge on any atom is 0.266 e. The first-order valence-corrected chi connectivity index (χ1v) is 8.54. The molecule has 0 spiro atoms. The number of nitrogens with one attached hydrogen (secondary N) is 1. The van der Waals surface area contributed by atoms with Crippen LogP contribution >= 0.6 is 0 Å². The number of hydrogen-bond acceptors (Lipinski definition) is 3. The molecule has 1 aliphatic carbocycles. The molecule has 126 valence electrons. The van der Waals surface area contributed by atoms with Gasteiger partial charge in [-0.15, -0.1) is 0 Å². The third-order valence-electron chi connectivity index (χ3n) is 4.59. The summed E-state index contributed by atoms with van der Waals surface area (Å²) in [6.07, 6.45) is 5.32. The average molecular weight is 316 g/mol. The van der Waals surface area contributed by atoms with E-state index in [2.05, 4.69) is 31.3 Å². The molecule has 0 radical (unpaired) electrons. The van der Waals surface area contributed by atoms with Crippen LogP contribution in [0.2, 0.25) is 0 Å². The molecule has 1 amide bonds. The molecule has 4 nitrogen and oxygen atoms in total. The van der Waals surface area contributed by atoms with Crippen LogP contribution in [0.25, 0.3) is 0 Å². The molecule has 0 aliphatic heterocycles. The average Bonchev–Trinajstić information content (AvgIpc) is 2.53. The highest BCUT2D eigenvalue weighted by atomic mass is 16.5. The summed E-state index contributed by atoms with van der Waals surface area (Å²) in [6, 6.07) is 9.68. The summed E-state index contributed by atoms with van der Waals surface area (Å²) >= 11 is 0. The highest BCUT2D eigenvalue weighted by Gasteiger charge is 2.31. The minimum Gasteiger partial charge on any atom is -0.368 e. The van der Waals surface area contributed by atoms with Gasteiger partial charge in [-0.25, -0.2) is 5.43 Å². The van der Waals surface area contributed by atoms with E-state index in [1.807, 2.05) is 30.3 Å². The molecule has 2 rings (SSSR count). The highest BCUT2D eigenvalue weighted by Crippen LogP contribution is 2.35. The molecule has 0 aromatic heterocycles. The van der Waals surface area contributed by atoms with Gasteiger partial charge in [0, 0.05) is 0 Å². The fourth-order valence-corrected chi connectivity index (χ4v) is 3.24. The predicted octanol–water partition coefficient (Wildman–Crippen LogP) is 3.61. The number of hydrazone groups is 1. The van der Waals surface area contributed by atoms with Crippen molar-refractivity contribution in [2.24, 2.45) is 22.9 Å². The van der Waals surface area contributed by atoms with Crippen LogP contribution in [0.3, 0.4) is 0 Å². The Morgan fingerprint density at radius 2 is 2.09 bits per heavy atom. The molecule has 1 aromatic carbocycles. The Balaban J connectivity index is 1.77. The molecule has 0 unspecified atom stereocenters. The molecule has 23 heavy (non-hydrogen) atoms. The van der Waals surface area contributed by atoms with E-state index in [9.17, 15) is 4.79 Å². The Hall–Kier alpha value is -1.68. The summed E-state index contributed by atoms with van der Waals surface area (Å²) in [4.78, 5) is 11.9. The second-order valence-corrected chi connectivity index (χ2v) is 6.88. The van der Waals surface area contributed by atoms with E-state index in [-0.39, 0.29) is 18.6 Å². The van der Waals surface area contributed by atoms with Crippen LogP contribution < -0.4 is 5.43 Å². The summed E-state index contributed by atoms with van der Waals surface area (Å²) in [5.41, 5.74) is 3.48. The summed E-state index contributed by atoms with van der Waals surface area (Å²) in [5, 5.41) is 3.97. The molecular formula is C19H28N2O2. The van der Waals surface area contributed by atoms with Crippen molar-refractivity contribution in [1.82, 2.24) is 5.43 Å². The first-order chi connectivity index (χ1) is 11.1. The third kappa shape index (κ3) is 5.79. The normalized spacial score (nSPS) is 25.0. The summed E-state index contributed by atoms with van der Waals surface area (Å²) in [7, 11) is 0. The first kappa shape index (κ1) is 17.7. The van der Waals surface area contributed by atoms with Crippen molar-refractivity contribution in [3.05, 3.63) is 35.9 Å². The molecule has 1 fully saturated rings. The topological polar surface area (TPSA) is 50.7 Å². The Morgan fingerprint density at radius 3 is 2.78 bits per heavy atom. The molecule has 4 heteroatoms. The van der Waals surface area contributed by atoms with Gasteiger partial charge in [0.2, 0.25) is 0 Å². The van der Waals surface area contributed by atoms with Crippen molar-refractivity contribution in [1.29, 1.82) is 0 Å². The highest BCUT2D eigenvalue weighted by molar-refractivity contribution is 5.82. The monoisotopic (exact) mass is 316 g/mol. The second kappa shape index (κ2) is 8.82. The van der Waals surface area contributed by atoms with E-state index in [0.717, 1.165) is 12.0 Å². The zero-order valence-electron chi connectivity index (χ0n) is 14.4. The summed E-state index contributed by atoms with van der Waals surface area (Å²) in [5.74, 6) is 1.62. The number of hydrogen-bond donors (Lipinski definition) is 1. The Morgan fingerprint density at radius 1 is 1.35 bits per heavy atom. The number of carbonyl (C=O) groups excluding carboxylic acids is 1. The predicted molar refractivity (Wildman–Crippen MR) is 93.3 cm³/mol. The number of ether oxygens (including phenoxy) is 1. The van der Waals surface area contributed by atoms with Gasteiger partial charge in [0.15, 0.2) is 0 Å². The first-order valence-electron chi connectivity index (χ1n) is 8.54. The lowest BCUT2D eigenvalue weighted by Gasteiger charge is -2.36. The number of nitrogens with zero attached hydrogens (tertiary/aromatic N) is 1. The van der Waals surface area contributed by atoms with E-state index >= 15 is 0 Å². The lowest BCUT2D eigenvalue weighted by molar-refractivity contribution is -0.131.